The van der Waals surface area contributed by atoms with Crippen LogP contribution in [0.4, 0.5) is 5.69 Å². The number of nitrogens with two attached hydrogens (primary N) is 1. The van der Waals surface area contributed by atoms with Gasteiger partial charge in [0.2, 0.25) is 0 Å². The van der Waals surface area contributed by atoms with Gasteiger partial charge in [-0.05, 0) is 18.2 Å². The van der Waals surface area contributed by atoms with E-state index in [1.165, 1.54) is 11.8 Å². The van der Waals surface area contributed by atoms with Crippen molar-refractivity contribution in [2.75, 3.05) is 17.2 Å². The minimum absolute atomic E-state index is 0.0230. The van der Waals surface area contributed by atoms with E-state index < -0.39 is 15.9 Å². The topological polar surface area (TPSA) is 80.4 Å². The summed E-state index contributed by atoms with van der Waals surface area (Å²) in [6.45, 7) is 0. The van der Waals surface area contributed by atoms with Gasteiger partial charge in [0.05, 0.1) is 22.9 Å². The van der Waals surface area contributed by atoms with Crippen molar-refractivity contribution < 1.29 is 13.5 Å². The molecule has 3 N–H and O–H groups in total. The molecule has 2 rings (SSSR count). The average Bonchev–Trinajstić information content (AvgIpc) is 2.46. The molecular weight excluding hydrogens is 282 g/mol. The van der Waals surface area contributed by atoms with Gasteiger partial charge in [0.1, 0.15) is 0 Å². The van der Waals surface area contributed by atoms with Crippen molar-refractivity contribution in [3.63, 3.8) is 0 Å². The number of aliphatic hydroxyl groups excluding tert-OH is 1. The highest BCUT2D eigenvalue weighted by Crippen LogP contribution is 2.35. The molecule has 0 spiro atoms. The van der Waals surface area contributed by atoms with Crippen molar-refractivity contribution in [3.8, 4) is 0 Å². The van der Waals surface area contributed by atoms with Gasteiger partial charge >= 0.3 is 0 Å². The lowest BCUT2D eigenvalue weighted by atomic mass is 10.3. The molecule has 7 heteroatoms. The molecule has 0 amide bonds. The molecular formula is C10H12ClNO3S2. The van der Waals surface area contributed by atoms with Gasteiger partial charge in [-0.15, -0.1) is 11.8 Å². The number of aliphatic hydroxyl groups is 1. The van der Waals surface area contributed by atoms with Crippen LogP contribution in [0.2, 0.25) is 5.02 Å². The van der Waals surface area contributed by atoms with Gasteiger partial charge in [0.25, 0.3) is 0 Å². The maximum absolute atomic E-state index is 11.4. The molecule has 0 radical (unpaired) electrons. The predicted octanol–water partition coefficient (Wildman–Crippen LogP) is 1.17. The zero-order valence-corrected chi connectivity index (χ0v) is 11.2. The molecule has 1 aromatic rings. The second-order valence-electron chi connectivity index (χ2n) is 3.98. The number of nitrogen functional groups attached to an aromatic ring is 1. The van der Waals surface area contributed by atoms with E-state index in [-0.39, 0.29) is 16.8 Å². The van der Waals surface area contributed by atoms with Crippen LogP contribution < -0.4 is 5.73 Å². The molecule has 0 aromatic heterocycles. The Morgan fingerprint density at radius 3 is 2.71 bits per heavy atom. The van der Waals surface area contributed by atoms with E-state index in [0.717, 1.165) is 0 Å². The fourth-order valence-corrected chi connectivity index (χ4v) is 5.53. The third kappa shape index (κ3) is 3.07. The van der Waals surface area contributed by atoms with E-state index in [1.807, 2.05) is 0 Å². The van der Waals surface area contributed by atoms with Crippen LogP contribution in [0.1, 0.15) is 0 Å². The zero-order valence-electron chi connectivity index (χ0n) is 8.84. The fourth-order valence-electron chi connectivity index (χ4n) is 1.68. The third-order valence-electron chi connectivity index (χ3n) is 2.53. The van der Waals surface area contributed by atoms with Gasteiger partial charge < -0.3 is 10.8 Å². The second-order valence-corrected chi connectivity index (χ2v) is 7.85. The first kappa shape index (κ1) is 13.0. The molecule has 1 aliphatic rings. The van der Waals surface area contributed by atoms with Crippen LogP contribution in [0.25, 0.3) is 0 Å². The summed E-state index contributed by atoms with van der Waals surface area (Å²) >= 11 is 7.11. The Bertz CT molecular complexity index is 532. The quantitative estimate of drug-likeness (QED) is 0.800. The van der Waals surface area contributed by atoms with Gasteiger partial charge in [0.15, 0.2) is 9.84 Å². The number of hydrogen-bond acceptors (Lipinski definition) is 5. The Morgan fingerprint density at radius 2 is 2.12 bits per heavy atom. The maximum atomic E-state index is 11.4. The molecule has 1 aromatic carbocycles. The van der Waals surface area contributed by atoms with E-state index >= 15 is 0 Å². The lowest BCUT2D eigenvalue weighted by Gasteiger charge is -2.13. The monoisotopic (exact) mass is 293 g/mol. The van der Waals surface area contributed by atoms with Gasteiger partial charge in [-0.25, -0.2) is 8.42 Å². The summed E-state index contributed by atoms with van der Waals surface area (Å²) < 4.78 is 22.7. The summed E-state index contributed by atoms with van der Waals surface area (Å²) in [4.78, 5) is 0.707. The first-order valence-electron chi connectivity index (χ1n) is 4.97. The molecule has 17 heavy (non-hydrogen) atoms. The van der Waals surface area contributed by atoms with Gasteiger partial charge in [-0.1, -0.05) is 11.6 Å². The number of halogens is 1. The van der Waals surface area contributed by atoms with Crippen LogP contribution in [0.3, 0.4) is 0 Å². The van der Waals surface area contributed by atoms with Crippen molar-refractivity contribution in [2.24, 2.45) is 0 Å². The minimum atomic E-state index is -3.13. The van der Waals surface area contributed by atoms with Crippen LogP contribution in [0.5, 0.6) is 0 Å². The molecule has 1 heterocycles. The Hall–Kier alpha value is -0.430. The highest BCUT2D eigenvalue weighted by molar-refractivity contribution is 8.02. The van der Waals surface area contributed by atoms with E-state index in [9.17, 15) is 13.5 Å². The van der Waals surface area contributed by atoms with Gasteiger partial charge in [-0.2, -0.15) is 0 Å². The molecule has 0 bridgehead atoms. The van der Waals surface area contributed by atoms with Crippen molar-refractivity contribution >= 4 is 38.9 Å². The SMILES string of the molecule is Nc1ccc(Cl)cc1SC1CS(=O)(=O)CC1O. The van der Waals surface area contributed by atoms with Crippen molar-refractivity contribution in [1.82, 2.24) is 0 Å². The lowest BCUT2D eigenvalue weighted by molar-refractivity contribution is 0.207. The van der Waals surface area contributed by atoms with E-state index in [2.05, 4.69) is 0 Å². The average molecular weight is 294 g/mol. The largest absolute Gasteiger partial charge is 0.398 e. The summed E-state index contributed by atoms with van der Waals surface area (Å²) in [5.74, 6) is -0.198. The van der Waals surface area contributed by atoms with Crippen LogP contribution in [0, 0.1) is 0 Å². The van der Waals surface area contributed by atoms with Crippen molar-refractivity contribution in [1.29, 1.82) is 0 Å². The van der Waals surface area contributed by atoms with Crippen LogP contribution in [-0.2, 0) is 9.84 Å². The highest BCUT2D eigenvalue weighted by Gasteiger charge is 2.37. The van der Waals surface area contributed by atoms with E-state index in [1.54, 1.807) is 18.2 Å². The molecule has 0 saturated carbocycles. The minimum Gasteiger partial charge on any atom is -0.398 e. The third-order valence-corrected chi connectivity index (χ3v) is 6.08. The zero-order chi connectivity index (χ0) is 12.6. The first-order valence-corrected chi connectivity index (χ1v) is 8.05. The lowest BCUT2D eigenvalue weighted by Crippen LogP contribution is -2.20. The second kappa shape index (κ2) is 4.68. The molecule has 2 atom stereocenters. The first-order chi connectivity index (χ1) is 7.87. The predicted molar refractivity (Wildman–Crippen MR) is 70.2 cm³/mol. The normalized spacial score (nSPS) is 27.2. The summed E-state index contributed by atoms with van der Waals surface area (Å²) in [6.07, 6.45) is -0.844. The molecule has 2 unspecified atom stereocenters. The van der Waals surface area contributed by atoms with Crippen LogP contribution in [0.15, 0.2) is 23.1 Å². The molecule has 4 nitrogen and oxygen atoms in total. The Morgan fingerprint density at radius 1 is 1.41 bits per heavy atom. The fraction of sp³-hybridized carbons (Fsp3) is 0.400. The van der Waals surface area contributed by atoms with E-state index in [0.29, 0.717) is 15.6 Å². The van der Waals surface area contributed by atoms with Crippen molar-refractivity contribution in [3.05, 3.63) is 23.2 Å². The van der Waals surface area contributed by atoms with Gasteiger partial charge in [-0.3, -0.25) is 0 Å². The summed E-state index contributed by atoms with van der Waals surface area (Å²) in [7, 11) is -3.13. The molecule has 94 valence electrons. The van der Waals surface area contributed by atoms with Gasteiger partial charge in [0, 0.05) is 15.6 Å². The Balaban J connectivity index is 2.19. The maximum Gasteiger partial charge on any atom is 0.154 e. The number of benzene rings is 1. The molecule has 1 aliphatic heterocycles. The molecule has 0 aliphatic carbocycles. The molecule has 1 saturated heterocycles. The summed E-state index contributed by atoms with van der Waals surface area (Å²) in [6, 6.07) is 5.02. The van der Waals surface area contributed by atoms with Crippen LogP contribution >= 0.6 is 23.4 Å². The standard InChI is InChI=1S/C10H12ClNO3S2/c11-6-1-2-7(12)9(3-6)16-10-5-17(14,15)4-8(10)13/h1-3,8,10,13H,4-5,12H2. The number of hydrogen-bond donors (Lipinski definition) is 2. The Kier molecular flexibility index (Phi) is 3.58. The number of anilines is 1. The Labute approximate surface area is 109 Å². The smallest absolute Gasteiger partial charge is 0.154 e. The van der Waals surface area contributed by atoms with Crippen molar-refractivity contribution in [2.45, 2.75) is 16.2 Å². The van der Waals surface area contributed by atoms with E-state index in [4.69, 9.17) is 17.3 Å². The number of thioether (sulfide) groups is 1. The summed E-state index contributed by atoms with van der Waals surface area (Å²) in [5, 5.41) is 9.84. The highest BCUT2D eigenvalue weighted by atomic mass is 35.5. The molecule has 1 fully saturated rings. The number of rotatable bonds is 2. The van der Waals surface area contributed by atoms with Crippen LogP contribution in [-0.4, -0.2) is 36.4 Å². The summed E-state index contributed by atoms with van der Waals surface area (Å²) in [5.41, 5.74) is 6.31. The number of sulfone groups is 1.